The summed E-state index contributed by atoms with van der Waals surface area (Å²) in [5.41, 5.74) is 1.25. The van der Waals surface area contributed by atoms with E-state index in [1.54, 1.807) is 11.0 Å². The Hall–Kier alpha value is -2.66. The van der Waals surface area contributed by atoms with Crippen LogP contribution in [0.15, 0.2) is 67.3 Å². The molecule has 5 heteroatoms. The van der Waals surface area contributed by atoms with E-state index in [1.807, 2.05) is 56.3 Å². The van der Waals surface area contributed by atoms with Gasteiger partial charge in [-0.3, -0.25) is 0 Å². The minimum Gasteiger partial charge on any atom is -0.466 e. The van der Waals surface area contributed by atoms with Gasteiger partial charge in [-0.25, -0.2) is 9.67 Å². The summed E-state index contributed by atoms with van der Waals surface area (Å²) in [5, 5.41) is 15.1. The van der Waals surface area contributed by atoms with Gasteiger partial charge in [-0.05, 0) is 36.1 Å². The van der Waals surface area contributed by atoms with Crippen LogP contribution in [0.2, 0.25) is 0 Å². The molecule has 0 saturated carbocycles. The number of nitrogens with zero attached hydrogens (tertiary/aromatic N) is 3. The van der Waals surface area contributed by atoms with Crippen molar-refractivity contribution in [2.45, 2.75) is 38.5 Å². The van der Waals surface area contributed by atoms with E-state index in [0.29, 0.717) is 18.6 Å². The summed E-state index contributed by atoms with van der Waals surface area (Å²) >= 11 is 0. The zero-order valence-electron chi connectivity index (χ0n) is 14.5. The highest BCUT2D eigenvalue weighted by Gasteiger charge is 2.37. The van der Waals surface area contributed by atoms with Crippen molar-refractivity contribution in [1.82, 2.24) is 14.8 Å². The molecule has 0 amide bonds. The van der Waals surface area contributed by atoms with Crippen LogP contribution in [0.3, 0.4) is 0 Å². The molecule has 0 radical (unpaired) electrons. The molecule has 3 rings (SSSR count). The molecule has 1 atom stereocenters. The van der Waals surface area contributed by atoms with Crippen LogP contribution in [-0.4, -0.2) is 25.5 Å². The summed E-state index contributed by atoms with van der Waals surface area (Å²) in [5.74, 6) is 0.681. The topological polar surface area (TPSA) is 60.2 Å². The van der Waals surface area contributed by atoms with Gasteiger partial charge in [0.1, 0.15) is 24.0 Å². The summed E-state index contributed by atoms with van der Waals surface area (Å²) in [6.07, 6.45) is 3.49. The fraction of sp³-hybridized carbons (Fsp3) is 0.300. The molecule has 0 fully saturated rings. The lowest BCUT2D eigenvalue weighted by atomic mass is 9.95. The minimum absolute atomic E-state index is 0.552. The fourth-order valence-corrected chi connectivity index (χ4v) is 2.83. The van der Waals surface area contributed by atoms with Gasteiger partial charge in [0.15, 0.2) is 0 Å². The second kappa shape index (κ2) is 7.49. The third-order valence-electron chi connectivity index (χ3n) is 4.57. The maximum atomic E-state index is 10.9. The first kappa shape index (κ1) is 17.2. The highest BCUT2D eigenvalue weighted by Crippen LogP contribution is 2.32. The van der Waals surface area contributed by atoms with Crippen LogP contribution in [0.1, 0.15) is 32.9 Å². The molecule has 0 aliphatic heterocycles. The molecular formula is C20H23N3O2. The average molecular weight is 337 g/mol. The monoisotopic (exact) mass is 337 g/mol. The highest BCUT2D eigenvalue weighted by atomic mass is 16.5. The maximum Gasteiger partial charge on any atom is 0.221 e. The molecule has 0 aliphatic carbocycles. The van der Waals surface area contributed by atoms with E-state index >= 15 is 0 Å². The van der Waals surface area contributed by atoms with E-state index in [4.69, 9.17) is 4.74 Å². The summed E-state index contributed by atoms with van der Waals surface area (Å²) in [6.45, 7) is 3.88. The van der Waals surface area contributed by atoms with Gasteiger partial charge in [-0.15, -0.1) is 0 Å². The highest BCUT2D eigenvalue weighted by molar-refractivity contribution is 5.63. The molecule has 1 aromatic heterocycles. The Bertz CT molecular complexity index is 766. The lowest BCUT2D eigenvalue weighted by Crippen LogP contribution is -2.42. The molecule has 1 N–H and O–H groups in total. The van der Waals surface area contributed by atoms with E-state index in [1.165, 1.54) is 6.33 Å². The van der Waals surface area contributed by atoms with Crippen LogP contribution >= 0.6 is 0 Å². The Morgan fingerprint density at radius 3 is 2.20 bits per heavy atom. The molecular weight excluding hydrogens is 314 g/mol. The maximum absolute atomic E-state index is 10.9. The predicted octanol–water partition coefficient (Wildman–Crippen LogP) is 4.07. The number of aliphatic hydroxyl groups is 1. The van der Waals surface area contributed by atoms with E-state index in [-0.39, 0.29) is 0 Å². The summed E-state index contributed by atoms with van der Waals surface area (Å²) in [7, 11) is 0. The van der Waals surface area contributed by atoms with Gasteiger partial charge in [0.05, 0.1) is 0 Å². The molecule has 0 aliphatic rings. The van der Waals surface area contributed by atoms with Crippen LogP contribution in [0.25, 0.3) is 11.1 Å². The van der Waals surface area contributed by atoms with Crippen molar-refractivity contribution in [3.63, 3.8) is 0 Å². The van der Waals surface area contributed by atoms with E-state index in [9.17, 15) is 5.11 Å². The first-order valence-electron chi connectivity index (χ1n) is 8.55. The second-order valence-electron chi connectivity index (χ2n) is 6.05. The van der Waals surface area contributed by atoms with Gasteiger partial charge in [0.25, 0.3) is 0 Å². The molecule has 3 aromatic rings. The number of aromatic nitrogens is 3. The Labute approximate surface area is 147 Å². The largest absolute Gasteiger partial charge is 0.466 e. The quantitative estimate of drug-likeness (QED) is 0.706. The molecule has 1 heterocycles. The zero-order chi connectivity index (χ0) is 17.7. The Morgan fingerprint density at radius 1 is 1.00 bits per heavy atom. The second-order valence-corrected chi connectivity index (χ2v) is 6.05. The van der Waals surface area contributed by atoms with Crippen molar-refractivity contribution >= 4 is 0 Å². The van der Waals surface area contributed by atoms with E-state index in [0.717, 1.165) is 11.1 Å². The van der Waals surface area contributed by atoms with Crippen LogP contribution in [0.4, 0.5) is 0 Å². The Balaban J connectivity index is 1.85. The molecule has 5 nitrogen and oxygen atoms in total. The van der Waals surface area contributed by atoms with Gasteiger partial charge < -0.3 is 9.84 Å². The van der Waals surface area contributed by atoms with Gasteiger partial charge >= 0.3 is 0 Å². The van der Waals surface area contributed by atoms with Crippen molar-refractivity contribution in [1.29, 1.82) is 0 Å². The molecule has 1 unspecified atom stereocenters. The first-order valence-corrected chi connectivity index (χ1v) is 8.55. The summed E-state index contributed by atoms with van der Waals surface area (Å²) < 4.78 is 7.67. The number of rotatable bonds is 7. The molecule has 0 saturated heterocycles. The average Bonchev–Trinajstić information content (AvgIpc) is 3.21. The zero-order valence-corrected chi connectivity index (χ0v) is 14.5. The fourth-order valence-electron chi connectivity index (χ4n) is 2.83. The third kappa shape index (κ3) is 3.72. The van der Waals surface area contributed by atoms with Crippen LogP contribution < -0.4 is 4.74 Å². The lowest BCUT2D eigenvalue weighted by Gasteiger charge is -2.34. The van der Waals surface area contributed by atoms with Crippen molar-refractivity contribution in [3.05, 3.63) is 67.3 Å². The molecule has 0 bridgehead atoms. The van der Waals surface area contributed by atoms with Crippen molar-refractivity contribution < 1.29 is 9.84 Å². The smallest absolute Gasteiger partial charge is 0.221 e. The molecule has 25 heavy (non-hydrogen) atoms. The number of benzene rings is 2. The Kier molecular flexibility index (Phi) is 5.14. The summed E-state index contributed by atoms with van der Waals surface area (Å²) in [6, 6.07) is 18.0. The van der Waals surface area contributed by atoms with Crippen molar-refractivity contribution in [3.8, 4) is 16.9 Å². The van der Waals surface area contributed by atoms with Gasteiger partial charge in [-0.2, -0.15) is 5.10 Å². The number of ether oxygens (including phenoxy) is 1. The minimum atomic E-state index is -1.02. The number of hydrogen-bond donors (Lipinski definition) is 1. The molecule has 0 spiro atoms. The first-order chi connectivity index (χ1) is 12.2. The molecule has 130 valence electrons. The SMILES string of the molecule is CCC(O)(CC)C(Oc1ccc(-c2ccccc2)cc1)n1cncn1. The third-order valence-corrected chi connectivity index (χ3v) is 4.57. The van der Waals surface area contributed by atoms with Crippen molar-refractivity contribution in [2.24, 2.45) is 0 Å². The normalized spacial score (nSPS) is 12.8. The Morgan fingerprint density at radius 2 is 1.64 bits per heavy atom. The summed E-state index contributed by atoms with van der Waals surface area (Å²) in [4.78, 5) is 3.98. The number of hydrogen-bond acceptors (Lipinski definition) is 4. The van der Waals surface area contributed by atoms with E-state index < -0.39 is 11.8 Å². The van der Waals surface area contributed by atoms with Gasteiger partial charge in [0, 0.05) is 0 Å². The van der Waals surface area contributed by atoms with Crippen LogP contribution in [-0.2, 0) is 0 Å². The van der Waals surface area contributed by atoms with Crippen LogP contribution in [0, 0.1) is 0 Å². The van der Waals surface area contributed by atoms with Crippen LogP contribution in [0.5, 0.6) is 5.75 Å². The predicted molar refractivity (Wildman–Crippen MR) is 97.1 cm³/mol. The van der Waals surface area contributed by atoms with E-state index in [2.05, 4.69) is 22.2 Å². The molecule has 2 aromatic carbocycles. The lowest BCUT2D eigenvalue weighted by molar-refractivity contribution is -0.109. The van der Waals surface area contributed by atoms with Crippen molar-refractivity contribution in [2.75, 3.05) is 0 Å². The van der Waals surface area contributed by atoms with Gasteiger partial charge in [-0.1, -0.05) is 56.3 Å². The van der Waals surface area contributed by atoms with Gasteiger partial charge in [0.2, 0.25) is 6.23 Å². The standard InChI is InChI=1S/C20H23N3O2/c1-3-20(24,4-2)19(23-15-21-14-22-23)25-18-12-10-17(11-13-18)16-8-6-5-7-9-16/h5-15,19,24H,3-4H2,1-2H3.